The zero-order valence-corrected chi connectivity index (χ0v) is 12.6. The Kier molecular flexibility index (Phi) is 5.82. The molecule has 1 amide bonds. The molecule has 1 heterocycles. The van der Waals surface area contributed by atoms with Crippen molar-refractivity contribution in [2.24, 2.45) is 0 Å². The van der Waals surface area contributed by atoms with Gasteiger partial charge in [-0.2, -0.15) is 0 Å². The lowest BCUT2D eigenvalue weighted by atomic mass is 10.0. The summed E-state index contributed by atoms with van der Waals surface area (Å²) in [4.78, 5) is 13.1. The highest BCUT2D eigenvalue weighted by molar-refractivity contribution is 7.10. The Morgan fingerprint density at radius 1 is 1.44 bits per heavy atom. The Morgan fingerprint density at radius 3 is 2.67 bits per heavy atom. The van der Waals surface area contributed by atoms with Crippen molar-refractivity contribution in [2.75, 3.05) is 6.54 Å². The third kappa shape index (κ3) is 4.78. The monoisotopic (exact) mass is 268 g/mol. The average molecular weight is 268 g/mol. The van der Waals surface area contributed by atoms with Crippen molar-refractivity contribution in [3.63, 3.8) is 0 Å². The SMILES string of the molecule is CCC(NCC(=O)NC(C)(C)CC)c1cccs1. The van der Waals surface area contributed by atoms with Crippen LogP contribution in [0.2, 0.25) is 0 Å². The Hall–Kier alpha value is -0.870. The summed E-state index contributed by atoms with van der Waals surface area (Å²) in [6, 6.07) is 4.44. The first-order chi connectivity index (χ1) is 8.48. The first-order valence-electron chi connectivity index (χ1n) is 6.56. The predicted molar refractivity (Wildman–Crippen MR) is 77.9 cm³/mol. The van der Waals surface area contributed by atoms with Crippen LogP contribution in [0, 0.1) is 0 Å². The third-order valence-corrected chi connectivity index (χ3v) is 4.15. The molecule has 2 N–H and O–H groups in total. The van der Waals surface area contributed by atoms with Crippen LogP contribution < -0.4 is 10.6 Å². The molecule has 0 fully saturated rings. The van der Waals surface area contributed by atoms with Crippen LogP contribution in [0.25, 0.3) is 0 Å². The maximum atomic E-state index is 11.8. The van der Waals surface area contributed by atoms with Crippen LogP contribution in [0.1, 0.15) is 51.5 Å². The molecule has 0 radical (unpaired) electrons. The molecule has 1 atom stereocenters. The zero-order valence-electron chi connectivity index (χ0n) is 11.7. The van der Waals surface area contributed by atoms with E-state index >= 15 is 0 Å². The quantitative estimate of drug-likeness (QED) is 0.798. The lowest BCUT2D eigenvalue weighted by molar-refractivity contribution is -0.122. The zero-order chi connectivity index (χ0) is 13.6. The molecular formula is C14H24N2OS. The van der Waals surface area contributed by atoms with Crippen LogP contribution in [-0.4, -0.2) is 18.0 Å². The van der Waals surface area contributed by atoms with Gasteiger partial charge in [0.15, 0.2) is 0 Å². The first kappa shape index (κ1) is 15.2. The van der Waals surface area contributed by atoms with Gasteiger partial charge < -0.3 is 10.6 Å². The van der Waals surface area contributed by atoms with Gasteiger partial charge in [0.1, 0.15) is 0 Å². The Morgan fingerprint density at radius 2 is 2.17 bits per heavy atom. The van der Waals surface area contributed by atoms with Gasteiger partial charge >= 0.3 is 0 Å². The van der Waals surface area contributed by atoms with Gasteiger partial charge in [-0.15, -0.1) is 11.3 Å². The van der Waals surface area contributed by atoms with Gasteiger partial charge in [-0.05, 0) is 38.1 Å². The topological polar surface area (TPSA) is 41.1 Å². The molecule has 0 saturated carbocycles. The normalized spacial score (nSPS) is 13.3. The molecule has 0 aromatic carbocycles. The first-order valence-corrected chi connectivity index (χ1v) is 7.44. The highest BCUT2D eigenvalue weighted by Gasteiger charge is 2.18. The van der Waals surface area contributed by atoms with Crippen molar-refractivity contribution in [2.45, 2.75) is 52.1 Å². The Labute approximate surface area is 114 Å². The minimum Gasteiger partial charge on any atom is -0.350 e. The second-order valence-electron chi connectivity index (χ2n) is 5.14. The van der Waals surface area contributed by atoms with Crippen molar-refractivity contribution in [3.8, 4) is 0 Å². The molecule has 1 aromatic heterocycles. The van der Waals surface area contributed by atoms with Crippen molar-refractivity contribution >= 4 is 17.2 Å². The summed E-state index contributed by atoms with van der Waals surface area (Å²) in [7, 11) is 0. The second kappa shape index (κ2) is 6.90. The van der Waals surface area contributed by atoms with Crippen LogP contribution >= 0.6 is 11.3 Å². The lowest BCUT2D eigenvalue weighted by Gasteiger charge is -2.25. The van der Waals surface area contributed by atoms with Gasteiger partial charge in [-0.3, -0.25) is 4.79 Å². The summed E-state index contributed by atoms with van der Waals surface area (Å²) in [5.41, 5.74) is -0.122. The molecule has 0 aliphatic rings. The number of amides is 1. The van der Waals surface area contributed by atoms with Gasteiger partial charge in [0.25, 0.3) is 0 Å². The minimum atomic E-state index is -0.122. The smallest absolute Gasteiger partial charge is 0.234 e. The molecule has 102 valence electrons. The maximum absolute atomic E-state index is 11.8. The van der Waals surface area contributed by atoms with Crippen molar-refractivity contribution in [3.05, 3.63) is 22.4 Å². The fourth-order valence-electron chi connectivity index (χ4n) is 1.66. The van der Waals surface area contributed by atoms with Gasteiger partial charge in [0.2, 0.25) is 5.91 Å². The van der Waals surface area contributed by atoms with Crippen LogP contribution in [-0.2, 0) is 4.79 Å². The highest BCUT2D eigenvalue weighted by Crippen LogP contribution is 2.21. The van der Waals surface area contributed by atoms with Crippen LogP contribution in [0.5, 0.6) is 0 Å². The molecule has 1 rings (SSSR count). The molecule has 18 heavy (non-hydrogen) atoms. The number of nitrogens with one attached hydrogen (secondary N) is 2. The molecule has 1 aromatic rings. The molecule has 0 aliphatic carbocycles. The van der Waals surface area contributed by atoms with Crippen LogP contribution in [0.3, 0.4) is 0 Å². The summed E-state index contributed by atoms with van der Waals surface area (Å²) in [5.74, 6) is 0.0665. The number of hydrogen-bond donors (Lipinski definition) is 2. The van der Waals surface area contributed by atoms with E-state index in [-0.39, 0.29) is 17.5 Å². The summed E-state index contributed by atoms with van der Waals surface area (Å²) >= 11 is 1.73. The average Bonchev–Trinajstić information content (AvgIpc) is 2.83. The summed E-state index contributed by atoms with van der Waals surface area (Å²) in [6.45, 7) is 8.67. The Bertz CT molecular complexity index is 360. The van der Waals surface area contributed by atoms with E-state index in [1.807, 2.05) is 19.9 Å². The number of thiophene rings is 1. The fraction of sp³-hybridized carbons (Fsp3) is 0.643. The molecular weight excluding hydrogens is 244 g/mol. The van der Waals surface area contributed by atoms with Gasteiger partial charge in [0.05, 0.1) is 6.54 Å². The maximum Gasteiger partial charge on any atom is 0.234 e. The fourth-order valence-corrected chi connectivity index (χ4v) is 2.55. The highest BCUT2D eigenvalue weighted by atomic mass is 32.1. The van der Waals surface area contributed by atoms with E-state index in [0.717, 1.165) is 12.8 Å². The molecule has 0 saturated heterocycles. The summed E-state index contributed by atoms with van der Waals surface area (Å²) < 4.78 is 0. The summed E-state index contributed by atoms with van der Waals surface area (Å²) in [6.07, 6.45) is 1.92. The molecule has 4 heteroatoms. The van der Waals surface area contributed by atoms with Gasteiger partial charge in [-0.25, -0.2) is 0 Å². The molecule has 3 nitrogen and oxygen atoms in total. The van der Waals surface area contributed by atoms with Crippen LogP contribution in [0.15, 0.2) is 17.5 Å². The molecule has 1 unspecified atom stereocenters. The standard InChI is InChI=1S/C14H24N2OS/c1-5-11(12-8-7-9-18-12)15-10-13(17)16-14(3,4)6-2/h7-9,11,15H,5-6,10H2,1-4H3,(H,16,17). The molecule has 0 aliphatic heterocycles. The third-order valence-electron chi connectivity index (χ3n) is 3.17. The Balaban J connectivity index is 2.42. The number of carbonyl (C=O) groups excluding carboxylic acids is 1. The van der Waals surface area contributed by atoms with Gasteiger partial charge in [-0.1, -0.05) is 19.9 Å². The van der Waals surface area contributed by atoms with E-state index < -0.39 is 0 Å². The molecule has 0 spiro atoms. The van der Waals surface area contributed by atoms with E-state index in [4.69, 9.17) is 0 Å². The van der Waals surface area contributed by atoms with Crippen molar-refractivity contribution in [1.29, 1.82) is 0 Å². The molecule has 0 bridgehead atoms. The summed E-state index contributed by atoms with van der Waals surface area (Å²) in [5, 5.41) is 8.42. The minimum absolute atomic E-state index is 0.0665. The number of hydrogen-bond acceptors (Lipinski definition) is 3. The lowest BCUT2D eigenvalue weighted by Crippen LogP contribution is -2.46. The second-order valence-corrected chi connectivity index (χ2v) is 6.12. The van der Waals surface area contributed by atoms with E-state index in [2.05, 4.69) is 35.9 Å². The number of carbonyl (C=O) groups is 1. The largest absolute Gasteiger partial charge is 0.350 e. The van der Waals surface area contributed by atoms with Crippen molar-refractivity contribution < 1.29 is 4.79 Å². The van der Waals surface area contributed by atoms with E-state index in [0.29, 0.717) is 6.54 Å². The van der Waals surface area contributed by atoms with Gasteiger partial charge in [0, 0.05) is 16.5 Å². The predicted octanol–water partition coefficient (Wildman–Crippen LogP) is 3.09. The van der Waals surface area contributed by atoms with E-state index in [9.17, 15) is 4.79 Å². The van der Waals surface area contributed by atoms with Crippen LogP contribution in [0.4, 0.5) is 0 Å². The van der Waals surface area contributed by atoms with Crippen molar-refractivity contribution in [1.82, 2.24) is 10.6 Å². The van der Waals surface area contributed by atoms with E-state index in [1.54, 1.807) is 11.3 Å². The number of rotatable bonds is 7. The van der Waals surface area contributed by atoms with E-state index in [1.165, 1.54) is 4.88 Å².